The summed E-state index contributed by atoms with van der Waals surface area (Å²) in [7, 11) is 0. The maximum atomic E-state index is 4.83. The zero-order chi connectivity index (χ0) is 11.9. The first kappa shape index (κ1) is 11.0. The Bertz CT molecular complexity index is 587. The molecular weight excluding hydrogens is 260 g/mol. The van der Waals surface area contributed by atoms with E-state index in [0.717, 1.165) is 18.3 Å². The molecule has 92 valence electrons. The first-order valence-corrected chi connectivity index (χ1v) is 8.14. The smallest absolute Gasteiger partial charge is 0.107 e. The highest BCUT2D eigenvalue weighted by Gasteiger charge is 2.23. The van der Waals surface area contributed by atoms with Crippen LogP contribution in [0.4, 0.5) is 0 Å². The molecule has 1 fully saturated rings. The molecule has 2 aromatic rings. The highest BCUT2D eigenvalue weighted by Crippen LogP contribution is 2.43. The van der Waals surface area contributed by atoms with Gasteiger partial charge < -0.3 is 5.32 Å². The lowest BCUT2D eigenvalue weighted by atomic mass is 10.1. The number of thiazole rings is 1. The van der Waals surface area contributed by atoms with Crippen molar-refractivity contribution in [3.63, 3.8) is 0 Å². The second-order valence-electron chi connectivity index (χ2n) is 4.82. The van der Waals surface area contributed by atoms with Gasteiger partial charge in [0.1, 0.15) is 5.01 Å². The van der Waals surface area contributed by atoms with E-state index in [2.05, 4.69) is 29.6 Å². The molecule has 0 saturated heterocycles. The van der Waals surface area contributed by atoms with Gasteiger partial charge in [0.15, 0.2) is 0 Å². The van der Waals surface area contributed by atoms with Crippen LogP contribution in [-0.2, 0) is 12.3 Å². The van der Waals surface area contributed by atoms with Crippen LogP contribution >= 0.6 is 23.1 Å². The third-order valence-electron chi connectivity index (χ3n) is 3.36. The van der Waals surface area contributed by atoms with Crippen LogP contribution in [0.1, 0.15) is 22.7 Å². The van der Waals surface area contributed by atoms with Crippen molar-refractivity contribution >= 4 is 23.1 Å². The average Bonchev–Trinajstić information content (AvgIpc) is 3.14. The van der Waals surface area contributed by atoms with E-state index in [0.29, 0.717) is 0 Å². The highest BCUT2D eigenvalue weighted by molar-refractivity contribution is 7.98. The predicted octanol–water partition coefficient (Wildman–Crippen LogP) is 3.67. The molecule has 1 aromatic heterocycles. The number of nitrogens with zero attached hydrogens (tertiary/aromatic N) is 1. The molecule has 1 aromatic carbocycles. The van der Waals surface area contributed by atoms with Crippen molar-refractivity contribution in [3.05, 3.63) is 34.2 Å². The van der Waals surface area contributed by atoms with Crippen LogP contribution in [0, 0.1) is 0 Å². The zero-order valence-corrected chi connectivity index (χ0v) is 11.6. The Morgan fingerprint density at radius 2 is 2.17 bits per heavy atom. The lowest BCUT2D eigenvalue weighted by Crippen LogP contribution is -2.14. The van der Waals surface area contributed by atoms with Crippen molar-refractivity contribution in [3.8, 4) is 11.3 Å². The molecule has 4 heteroatoms. The molecule has 1 saturated carbocycles. The van der Waals surface area contributed by atoms with Crippen molar-refractivity contribution in [2.75, 3.05) is 0 Å². The Morgan fingerprint density at radius 1 is 1.28 bits per heavy atom. The fraction of sp³-hybridized carbons (Fsp3) is 0.357. The highest BCUT2D eigenvalue weighted by atomic mass is 32.2. The molecule has 1 aliphatic carbocycles. The lowest BCUT2D eigenvalue weighted by Gasteiger charge is -2.13. The van der Waals surface area contributed by atoms with E-state index in [1.54, 1.807) is 0 Å². The molecule has 2 heterocycles. The van der Waals surface area contributed by atoms with Gasteiger partial charge in [-0.15, -0.1) is 23.1 Å². The summed E-state index contributed by atoms with van der Waals surface area (Å²) in [5.74, 6) is 1.08. The average molecular weight is 274 g/mol. The minimum Gasteiger partial charge on any atom is -0.308 e. The summed E-state index contributed by atoms with van der Waals surface area (Å²) in [5.41, 5.74) is 2.54. The summed E-state index contributed by atoms with van der Waals surface area (Å²) >= 11 is 3.81. The Labute approximate surface area is 115 Å². The van der Waals surface area contributed by atoms with Crippen molar-refractivity contribution in [1.82, 2.24) is 10.3 Å². The quantitative estimate of drug-likeness (QED) is 0.924. The second-order valence-corrected chi connectivity index (χ2v) is 7.00. The number of thioether (sulfide) groups is 1. The number of hydrogen-bond acceptors (Lipinski definition) is 4. The lowest BCUT2D eigenvalue weighted by molar-refractivity contribution is 0.685. The van der Waals surface area contributed by atoms with Gasteiger partial charge in [0, 0.05) is 33.7 Å². The SMILES string of the molecule is c1ccc2c(c1)SCc1sc(CNC3CC3)nc1-2. The molecule has 0 amide bonds. The van der Waals surface area contributed by atoms with E-state index in [-0.39, 0.29) is 0 Å². The number of nitrogens with one attached hydrogen (secondary N) is 1. The summed E-state index contributed by atoms with van der Waals surface area (Å²) in [5, 5.41) is 4.79. The van der Waals surface area contributed by atoms with Crippen molar-refractivity contribution in [2.24, 2.45) is 0 Å². The summed E-state index contributed by atoms with van der Waals surface area (Å²) in [6.07, 6.45) is 2.67. The van der Waals surface area contributed by atoms with Crippen LogP contribution in [0.15, 0.2) is 29.2 Å². The van der Waals surface area contributed by atoms with Crippen LogP contribution in [-0.4, -0.2) is 11.0 Å². The van der Waals surface area contributed by atoms with Gasteiger partial charge in [0.25, 0.3) is 0 Å². The van der Waals surface area contributed by atoms with Gasteiger partial charge in [-0.05, 0) is 18.9 Å². The Hall–Kier alpha value is -0.840. The second kappa shape index (κ2) is 4.37. The van der Waals surface area contributed by atoms with Gasteiger partial charge in [-0.1, -0.05) is 18.2 Å². The molecule has 0 radical (unpaired) electrons. The molecule has 0 atom stereocenters. The number of aromatic nitrogens is 1. The largest absolute Gasteiger partial charge is 0.308 e. The van der Waals surface area contributed by atoms with E-state index < -0.39 is 0 Å². The van der Waals surface area contributed by atoms with Gasteiger partial charge in [-0.25, -0.2) is 4.98 Å². The van der Waals surface area contributed by atoms with E-state index in [9.17, 15) is 0 Å². The van der Waals surface area contributed by atoms with Crippen LogP contribution in [0.3, 0.4) is 0 Å². The topological polar surface area (TPSA) is 24.9 Å². The summed E-state index contributed by atoms with van der Waals surface area (Å²) in [6.45, 7) is 0.940. The Balaban J connectivity index is 1.66. The van der Waals surface area contributed by atoms with Crippen molar-refractivity contribution < 1.29 is 0 Å². The number of benzene rings is 1. The maximum absolute atomic E-state index is 4.83. The normalized spacial score (nSPS) is 17.3. The standard InChI is InChI=1S/C14H14N2S2/c1-2-4-11-10(3-1)14-12(8-17-11)18-13(16-14)7-15-9-5-6-9/h1-4,9,15H,5-8H2. The molecule has 0 bridgehead atoms. The van der Waals surface area contributed by atoms with Crippen LogP contribution in [0.25, 0.3) is 11.3 Å². The minimum absolute atomic E-state index is 0.757. The van der Waals surface area contributed by atoms with E-state index >= 15 is 0 Å². The predicted molar refractivity (Wildman–Crippen MR) is 77.0 cm³/mol. The van der Waals surface area contributed by atoms with E-state index in [1.807, 2.05) is 23.1 Å². The number of fused-ring (bicyclic) bond motifs is 3. The fourth-order valence-electron chi connectivity index (χ4n) is 2.23. The van der Waals surface area contributed by atoms with Crippen LogP contribution < -0.4 is 5.32 Å². The first-order chi connectivity index (χ1) is 8.90. The molecule has 2 aliphatic rings. The monoisotopic (exact) mass is 274 g/mol. The zero-order valence-electron chi connectivity index (χ0n) is 9.98. The van der Waals surface area contributed by atoms with Crippen molar-refractivity contribution in [1.29, 1.82) is 0 Å². The van der Waals surface area contributed by atoms with E-state index in [4.69, 9.17) is 4.98 Å². The Kier molecular flexibility index (Phi) is 2.68. The fourth-order valence-corrected chi connectivity index (χ4v) is 4.39. The minimum atomic E-state index is 0.757. The van der Waals surface area contributed by atoms with Gasteiger partial charge in [-0.3, -0.25) is 0 Å². The first-order valence-electron chi connectivity index (χ1n) is 6.34. The van der Waals surface area contributed by atoms with Gasteiger partial charge in [0.2, 0.25) is 0 Å². The third-order valence-corrected chi connectivity index (χ3v) is 5.70. The van der Waals surface area contributed by atoms with Crippen molar-refractivity contribution in [2.45, 2.75) is 36.1 Å². The molecule has 4 rings (SSSR count). The van der Waals surface area contributed by atoms with Crippen LogP contribution in [0.5, 0.6) is 0 Å². The van der Waals surface area contributed by atoms with Gasteiger partial charge in [0.05, 0.1) is 5.69 Å². The molecule has 1 aliphatic heterocycles. The number of rotatable bonds is 3. The molecule has 1 N–H and O–H groups in total. The summed E-state index contributed by atoms with van der Waals surface area (Å²) in [4.78, 5) is 7.64. The summed E-state index contributed by atoms with van der Waals surface area (Å²) in [6, 6.07) is 9.37. The van der Waals surface area contributed by atoms with Gasteiger partial charge in [-0.2, -0.15) is 0 Å². The molecule has 18 heavy (non-hydrogen) atoms. The molecule has 0 unspecified atom stereocenters. The summed E-state index contributed by atoms with van der Waals surface area (Å²) < 4.78 is 0. The third kappa shape index (κ3) is 1.98. The molecule has 2 nitrogen and oxygen atoms in total. The maximum Gasteiger partial charge on any atom is 0.107 e. The van der Waals surface area contributed by atoms with Crippen LogP contribution in [0.2, 0.25) is 0 Å². The Morgan fingerprint density at radius 3 is 3.06 bits per heavy atom. The molecule has 0 spiro atoms. The molecular formula is C14H14N2S2. The van der Waals surface area contributed by atoms with E-state index in [1.165, 1.54) is 38.9 Å². The van der Waals surface area contributed by atoms with Gasteiger partial charge >= 0.3 is 0 Å². The number of hydrogen-bond donors (Lipinski definition) is 1.